The van der Waals surface area contributed by atoms with Crippen molar-refractivity contribution in [1.82, 2.24) is 4.90 Å². The summed E-state index contributed by atoms with van der Waals surface area (Å²) < 4.78 is 18.0. The second-order valence-corrected chi connectivity index (χ2v) is 9.96. The number of aryl methyl sites for hydroxylation is 1. The first-order valence-electron chi connectivity index (χ1n) is 10.9. The normalized spacial score (nSPS) is 14.6. The first-order chi connectivity index (χ1) is 16.3. The SMILES string of the molecule is CCOC(=O)CCN1C(=O)/C(=C\c2cc(Br)c(OCc3cccc(C)c3)c(OCC)c2)SC1=S. The standard InChI is InChI=1S/C25H26BrNO5S2/c1-4-30-20-13-18(12-19(26)23(20)32-15-17-8-6-7-16(3)11-17)14-21-24(29)27(25(33)34-21)10-9-22(28)31-5-2/h6-8,11-14H,4-5,9-10,15H2,1-3H3/b21-14+. The van der Waals surface area contributed by atoms with Gasteiger partial charge in [-0.05, 0) is 66.0 Å². The van der Waals surface area contributed by atoms with Crippen molar-refractivity contribution in [3.8, 4) is 11.5 Å². The molecule has 0 saturated carbocycles. The Hall–Kier alpha value is -2.36. The third-order valence-electron chi connectivity index (χ3n) is 4.81. The van der Waals surface area contributed by atoms with Crippen molar-refractivity contribution in [1.29, 1.82) is 0 Å². The maximum atomic E-state index is 12.9. The molecule has 2 aromatic carbocycles. The summed E-state index contributed by atoms with van der Waals surface area (Å²) in [5.41, 5.74) is 2.99. The van der Waals surface area contributed by atoms with Gasteiger partial charge in [0.2, 0.25) is 0 Å². The summed E-state index contributed by atoms with van der Waals surface area (Å²) >= 11 is 10.1. The van der Waals surface area contributed by atoms with Crippen molar-refractivity contribution in [2.45, 2.75) is 33.8 Å². The minimum atomic E-state index is -0.355. The second kappa shape index (κ2) is 12.4. The van der Waals surface area contributed by atoms with Crippen LogP contribution in [0.1, 0.15) is 37.0 Å². The van der Waals surface area contributed by atoms with E-state index in [1.165, 1.54) is 22.2 Å². The Labute approximate surface area is 217 Å². The third kappa shape index (κ3) is 6.84. The molecule has 3 rings (SSSR count). The van der Waals surface area contributed by atoms with Gasteiger partial charge in [0, 0.05) is 6.54 Å². The molecule has 0 spiro atoms. The summed E-state index contributed by atoms with van der Waals surface area (Å²) in [6.45, 7) is 7.05. The van der Waals surface area contributed by atoms with Crippen LogP contribution in [0, 0.1) is 6.92 Å². The Kier molecular flexibility index (Phi) is 9.55. The van der Waals surface area contributed by atoms with E-state index < -0.39 is 0 Å². The fourth-order valence-electron chi connectivity index (χ4n) is 3.31. The van der Waals surface area contributed by atoms with E-state index in [4.69, 9.17) is 26.4 Å². The number of carbonyl (C=O) groups is 2. The average molecular weight is 565 g/mol. The zero-order valence-corrected chi connectivity index (χ0v) is 22.5. The molecular weight excluding hydrogens is 538 g/mol. The zero-order chi connectivity index (χ0) is 24.7. The number of rotatable bonds is 10. The van der Waals surface area contributed by atoms with E-state index in [1.807, 2.05) is 44.2 Å². The Morgan fingerprint density at radius 2 is 1.97 bits per heavy atom. The summed E-state index contributed by atoms with van der Waals surface area (Å²) in [5.74, 6) is 0.594. The van der Waals surface area contributed by atoms with Crippen LogP contribution < -0.4 is 9.47 Å². The molecule has 6 nitrogen and oxygen atoms in total. The highest BCUT2D eigenvalue weighted by atomic mass is 79.9. The van der Waals surface area contributed by atoms with Crippen LogP contribution in [0.2, 0.25) is 0 Å². The Morgan fingerprint density at radius 1 is 1.18 bits per heavy atom. The van der Waals surface area contributed by atoms with E-state index in [0.29, 0.717) is 40.5 Å². The molecule has 34 heavy (non-hydrogen) atoms. The molecule has 0 unspecified atom stereocenters. The lowest BCUT2D eigenvalue weighted by molar-refractivity contribution is -0.143. The lowest BCUT2D eigenvalue weighted by Gasteiger charge is -2.15. The summed E-state index contributed by atoms with van der Waals surface area (Å²) in [6.07, 6.45) is 1.86. The molecule has 0 N–H and O–H groups in total. The maximum absolute atomic E-state index is 12.9. The van der Waals surface area contributed by atoms with Gasteiger partial charge in [0.1, 0.15) is 10.9 Å². The molecule has 180 valence electrons. The first-order valence-corrected chi connectivity index (χ1v) is 12.9. The molecule has 1 saturated heterocycles. The number of thioether (sulfide) groups is 1. The minimum absolute atomic E-state index is 0.0978. The predicted molar refractivity (Wildman–Crippen MR) is 142 cm³/mol. The van der Waals surface area contributed by atoms with E-state index in [1.54, 1.807) is 13.0 Å². The third-order valence-corrected chi connectivity index (χ3v) is 6.78. The number of carbonyl (C=O) groups excluding carboxylic acids is 2. The van der Waals surface area contributed by atoms with E-state index in [2.05, 4.69) is 22.0 Å². The smallest absolute Gasteiger partial charge is 0.307 e. The molecular formula is C25H26BrNO5S2. The monoisotopic (exact) mass is 563 g/mol. The van der Waals surface area contributed by atoms with Gasteiger partial charge < -0.3 is 14.2 Å². The summed E-state index contributed by atoms with van der Waals surface area (Å²) in [6, 6.07) is 11.8. The average Bonchev–Trinajstić information content (AvgIpc) is 3.04. The molecule has 1 heterocycles. The lowest BCUT2D eigenvalue weighted by Crippen LogP contribution is -2.30. The molecule has 1 amide bonds. The van der Waals surface area contributed by atoms with Crippen LogP contribution in [0.4, 0.5) is 0 Å². The van der Waals surface area contributed by atoms with E-state index in [9.17, 15) is 9.59 Å². The molecule has 9 heteroatoms. The highest BCUT2D eigenvalue weighted by molar-refractivity contribution is 9.10. The van der Waals surface area contributed by atoms with E-state index in [-0.39, 0.29) is 24.8 Å². The van der Waals surface area contributed by atoms with Crippen molar-refractivity contribution in [3.63, 3.8) is 0 Å². The maximum Gasteiger partial charge on any atom is 0.307 e. The fraction of sp³-hybridized carbons (Fsp3) is 0.320. The summed E-state index contributed by atoms with van der Waals surface area (Å²) in [4.78, 5) is 26.4. The van der Waals surface area contributed by atoms with Gasteiger partial charge >= 0.3 is 5.97 Å². The van der Waals surface area contributed by atoms with E-state index >= 15 is 0 Å². The number of ether oxygens (including phenoxy) is 3. The quantitative estimate of drug-likeness (QED) is 0.203. The van der Waals surface area contributed by atoms with Crippen molar-refractivity contribution in [2.75, 3.05) is 19.8 Å². The topological polar surface area (TPSA) is 65.1 Å². The van der Waals surface area contributed by atoms with Crippen LogP contribution in [-0.2, 0) is 20.9 Å². The lowest BCUT2D eigenvalue weighted by atomic mass is 10.1. The number of hydrogen-bond acceptors (Lipinski definition) is 7. The molecule has 1 aliphatic rings. The molecule has 1 fully saturated rings. The van der Waals surface area contributed by atoms with Gasteiger partial charge in [0.15, 0.2) is 11.5 Å². The molecule has 0 bridgehead atoms. The molecule has 0 aromatic heterocycles. The minimum Gasteiger partial charge on any atom is -0.490 e. The fourth-order valence-corrected chi connectivity index (χ4v) is 5.19. The number of nitrogens with zero attached hydrogens (tertiary/aromatic N) is 1. The van der Waals surface area contributed by atoms with Gasteiger partial charge in [-0.1, -0.05) is 53.8 Å². The zero-order valence-electron chi connectivity index (χ0n) is 19.3. The van der Waals surface area contributed by atoms with Crippen molar-refractivity contribution < 1.29 is 23.8 Å². The predicted octanol–water partition coefficient (Wildman–Crippen LogP) is 5.89. The number of benzene rings is 2. The number of esters is 1. The Morgan fingerprint density at radius 3 is 2.68 bits per heavy atom. The van der Waals surface area contributed by atoms with Crippen molar-refractivity contribution in [3.05, 3.63) is 62.5 Å². The van der Waals surface area contributed by atoms with E-state index in [0.717, 1.165) is 15.6 Å². The molecule has 1 aliphatic heterocycles. The second-order valence-electron chi connectivity index (χ2n) is 7.43. The summed E-state index contributed by atoms with van der Waals surface area (Å²) in [5, 5.41) is 0. The number of hydrogen-bond donors (Lipinski definition) is 0. The van der Waals surface area contributed by atoms with Crippen LogP contribution in [0.25, 0.3) is 6.08 Å². The van der Waals surface area contributed by atoms with Crippen molar-refractivity contribution in [2.24, 2.45) is 0 Å². The molecule has 0 atom stereocenters. The van der Waals surface area contributed by atoms with Gasteiger partial charge in [0.25, 0.3) is 5.91 Å². The molecule has 2 aromatic rings. The molecule has 0 radical (unpaired) electrons. The first kappa shape index (κ1) is 26.2. The highest BCUT2D eigenvalue weighted by Gasteiger charge is 2.32. The van der Waals surface area contributed by atoms with Gasteiger partial charge in [-0.15, -0.1) is 0 Å². The Balaban J connectivity index is 1.78. The van der Waals surface area contributed by atoms with Crippen LogP contribution in [0.5, 0.6) is 11.5 Å². The summed E-state index contributed by atoms with van der Waals surface area (Å²) in [7, 11) is 0. The van der Waals surface area contributed by atoms with Crippen LogP contribution >= 0.6 is 39.9 Å². The Bertz CT molecular complexity index is 1120. The van der Waals surface area contributed by atoms with Crippen molar-refractivity contribution >= 4 is 62.2 Å². The molecule has 0 aliphatic carbocycles. The number of halogens is 1. The van der Waals surface area contributed by atoms with Crippen LogP contribution in [-0.4, -0.2) is 40.9 Å². The highest BCUT2D eigenvalue weighted by Crippen LogP contribution is 2.39. The van der Waals surface area contributed by atoms with Gasteiger partial charge in [-0.25, -0.2) is 0 Å². The van der Waals surface area contributed by atoms with Gasteiger partial charge in [0.05, 0.1) is 29.0 Å². The van der Waals surface area contributed by atoms with Crippen LogP contribution in [0.3, 0.4) is 0 Å². The van der Waals surface area contributed by atoms with Gasteiger partial charge in [-0.2, -0.15) is 0 Å². The van der Waals surface area contributed by atoms with Crippen LogP contribution in [0.15, 0.2) is 45.8 Å². The van der Waals surface area contributed by atoms with Gasteiger partial charge in [-0.3, -0.25) is 14.5 Å². The largest absolute Gasteiger partial charge is 0.490 e. The number of amides is 1. The number of thiocarbonyl (C=S) groups is 1.